The Morgan fingerprint density at radius 3 is 3.00 bits per heavy atom. The zero-order valence-corrected chi connectivity index (χ0v) is 13.3. The molecule has 22 heavy (non-hydrogen) atoms. The highest BCUT2D eigenvalue weighted by Crippen LogP contribution is 2.28. The highest BCUT2D eigenvalue weighted by molar-refractivity contribution is 5.36. The predicted molar refractivity (Wildman–Crippen MR) is 87.0 cm³/mol. The van der Waals surface area contributed by atoms with Gasteiger partial charge in [0, 0.05) is 43.2 Å². The number of hydrogen-bond donors (Lipinski definition) is 0. The first-order valence-corrected chi connectivity index (χ1v) is 7.88. The fraction of sp³-hybridized carbons (Fsp3) is 0.444. The summed E-state index contributed by atoms with van der Waals surface area (Å²) in [5.74, 6) is 1.46. The van der Waals surface area contributed by atoms with E-state index < -0.39 is 0 Å². The zero-order chi connectivity index (χ0) is 15.4. The Morgan fingerprint density at radius 2 is 2.23 bits per heavy atom. The molecule has 3 rings (SSSR count). The molecule has 1 aliphatic rings. The Balaban J connectivity index is 1.72. The summed E-state index contributed by atoms with van der Waals surface area (Å²) in [5.41, 5.74) is 3.66. The lowest BCUT2D eigenvalue weighted by Crippen LogP contribution is -2.34. The summed E-state index contributed by atoms with van der Waals surface area (Å²) in [5, 5.41) is 0. The molecule has 4 nitrogen and oxygen atoms in total. The number of nitrogens with zero attached hydrogens (tertiary/aromatic N) is 3. The third-order valence-corrected chi connectivity index (χ3v) is 4.34. The third kappa shape index (κ3) is 3.45. The molecule has 0 aliphatic carbocycles. The van der Waals surface area contributed by atoms with E-state index in [9.17, 15) is 0 Å². The van der Waals surface area contributed by atoms with Crippen LogP contribution in [0.5, 0.6) is 5.75 Å². The molecule has 1 aliphatic heterocycles. The molecule has 1 fully saturated rings. The van der Waals surface area contributed by atoms with Crippen molar-refractivity contribution >= 4 is 0 Å². The summed E-state index contributed by atoms with van der Waals surface area (Å²) < 4.78 is 5.50. The van der Waals surface area contributed by atoms with Gasteiger partial charge in [0.15, 0.2) is 0 Å². The highest BCUT2D eigenvalue weighted by Gasteiger charge is 2.23. The third-order valence-electron chi connectivity index (χ3n) is 4.34. The Bertz CT molecular complexity index is 615. The van der Waals surface area contributed by atoms with Crippen LogP contribution in [0.1, 0.15) is 35.6 Å². The molecule has 1 aromatic carbocycles. The quantitative estimate of drug-likeness (QED) is 0.869. The molecule has 0 saturated carbocycles. The molecule has 0 N–H and O–H groups in total. The van der Waals surface area contributed by atoms with Gasteiger partial charge >= 0.3 is 0 Å². The van der Waals surface area contributed by atoms with Crippen LogP contribution < -0.4 is 4.74 Å². The predicted octanol–water partition coefficient (Wildman–Crippen LogP) is 3.17. The van der Waals surface area contributed by atoms with Gasteiger partial charge in [-0.2, -0.15) is 0 Å². The van der Waals surface area contributed by atoms with Crippen LogP contribution in [-0.2, 0) is 6.54 Å². The summed E-state index contributed by atoms with van der Waals surface area (Å²) in [7, 11) is 1.74. The van der Waals surface area contributed by atoms with Gasteiger partial charge in [0.1, 0.15) is 5.75 Å². The van der Waals surface area contributed by atoms with Gasteiger partial charge in [-0.25, -0.2) is 0 Å². The number of benzene rings is 1. The molecule has 0 spiro atoms. The zero-order valence-electron chi connectivity index (χ0n) is 13.3. The first-order valence-electron chi connectivity index (χ1n) is 7.88. The van der Waals surface area contributed by atoms with E-state index in [0.29, 0.717) is 5.92 Å². The van der Waals surface area contributed by atoms with Crippen LogP contribution in [0.25, 0.3) is 0 Å². The first-order chi connectivity index (χ1) is 10.8. The molecule has 116 valence electrons. The van der Waals surface area contributed by atoms with E-state index in [0.717, 1.165) is 31.1 Å². The van der Waals surface area contributed by atoms with Gasteiger partial charge in [-0.3, -0.25) is 14.9 Å². The lowest BCUT2D eigenvalue weighted by Gasteiger charge is -2.32. The Kier molecular flexibility index (Phi) is 4.68. The SMILES string of the molecule is COc1ccc(C)cc1CN1CCC[C@@H](c2cnccn2)C1. The lowest BCUT2D eigenvalue weighted by atomic mass is 9.94. The second kappa shape index (κ2) is 6.88. The number of hydrogen-bond acceptors (Lipinski definition) is 4. The molecular weight excluding hydrogens is 274 g/mol. The second-order valence-corrected chi connectivity index (χ2v) is 6.02. The fourth-order valence-corrected chi connectivity index (χ4v) is 3.23. The summed E-state index contributed by atoms with van der Waals surface area (Å²) in [6.07, 6.45) is 7.83. The van der Waals surface area contributed by atoms with Crippen LogP contribution in [0, 0.1) is 6.92 Å². The average Bonchev–Trinajstić information content (AvgIpc) is 2.56. The largest absolute Gasteiger partial charge is 0.496 e. The van der Waals surface area contributed by atoms with Gasteiger partial charge in [-0.05, 0) is 32.4 Å². The van der Waals surface area contributed by atoms with E-state index in [-0.39, 0.29) is 0 Å². The first kappa shape index (κ1) is 15.0. The van der Waals surface area contributed by atoms with E-state index in [1.807, 2.05) is 6.20 Å². The number of rotatable bonds is 4. The van der Waals surface area contributed by atoms with Gasteiger partial charge < -0.3 is 4.74 Å². The highest BCUT2D eigenvalue weighted by atomic mass is 16.5. The van der Waals surface area contributed by atoms with Crippen LogP contribution in [0.4, 0.5) is 0 Å². The topological polar surface area (TPSA) is 38.2 Å². The van der Waals surface area contributed by atoms with E-state index in [1.165, 1.54) is 24.0 Å². The van der Waals surface area contributed by atoms with Crippen molar-refractivity contribution in [1.82, 2.24) is 14.9 Å². The van der Waals surface area contributed by atoms with Crippen LogP contribution in [-0.4, -0.2) is 35.1 Å². The standard InChI is InChI=1S/C18H23N3O/c1-14-5-6-18(22-2)16(10-14)13-21-9-3-4-15(12-21)17-11-19-7-8-20-17/h5-8,10-11,15H,3-4,9,12-13H2,1-2H3/t15-/m1/s1. The van der Waals surface area contributed by atoms with Crippen molar-refractivity contribution in [3.8, 4) is 5.75 Å². The smallest absolute Gasteiger partial charge is 0.123 e. The lowest BCUT2D eigenvalue weighted by molar-refractivity contribution is 0.196. The fourth-order valence-electron chi connectivity index (χ4n) is 3.23. The Morgan fingerprint density at radius 1 is 1.32 bits per heavy atom. The van der Waals surface area contributed by atoms with E-state index in [1.54, 1.807) is 19.5 Å². The summed E-state index contributed by atoms with van der Waals surface area (Å²) in [4.78, 5) is 11.2. The number of aryl methyl sites for hydroxylation is 1. The van der Waals surface area contributed by atoms with Gasteiger partial charge in [0.25, 0.3) is 0 Å². The van der Waals surface area contributed by atoms with Crippen LogP contribution in [0.15, 0.2) is 36.8 Å². The monoisotopic (exact) mass is 297 g/mol. The summed E-state index contributed by atoms with van der Waals surface area (Å²) >= 11 is 0. The van der Waals surface area contributed by atoms with E-state index in [2.05, 4.69) is 40.0 Å². The molecule has 4 heteroatoms. The van der Waals surface area contributed by atoms with Crippen LogP contribution >= 0.6 is 0 Å². The van der Waals surface area contributed by atoms with Crippen LogP contribution in [0.3, 0.4) is 0 Å². The molecular formula is C18H23N3O. The summed E-state index contributed by atoms with van der Waals surface area (Å²) in [6, 6.07) is 6.39. The number of aromatic nitrogens is 2. The number of methoxy groups -OCH3 is 1. The van der Waals surface area contributed by atoms with Crippen molar-refractivity contribution in [3.63, 3.8) is 0 Å². The maximum absolute atomic E-state index is 5.50. The molecule has 2 heterocycles. The van der Waals surface area contributed by atoms with Gasteiger partial charge in [-0.15, -0.1) is 0 Å². The van der Waals surface area contributed by atoms with Crippen molar-refractivity contribution in [1.29, 1.82) is 0 Å². The van der Waals surface area contributed by atoms with Gasteiger partial charge in [-0.1, -0.05) is 17.7 Å². The van der Waals surface area contributed by atoms with Gasteiger partial charge in [0.05, 0.1) is 12.8 Å². The second-order valence-electron chi connectivity index (χ2n) is 6.02. The van der Waals surface area contributed by atoms with Crippen molar-refractivity contribution in [2.24, 2.45) is 0 Å². The van der Waals surface area contributed by atoms with Crippen molar-refractivity contribution < 1.29 is 4.74 Å². The Labute approximate surface area is 132 Å². The van der Waals surface area contributed by atoms with Crippen molar-refractivity contribution in [2.45, 2.75) is 32.2 Å². The molecule has 0 unspecified atom stereocenters. The molecule has 1 aromatic heterocycles. The molecule has 0 amide bonds. The minimum absolute atomic E-state index is 0.484. The molecule has 0 bridgehead atoms. The minimum atomic E-state index is 0.484. The molecule has 0 radical (unpaired) electrons. The number of ether oxygens (including phenoxy) is 1. The number of likely N-dealkylation sites (tertiary alicyclic amines) is 1. The Hall–Kier alpha value is -1.94. The van der Waals surface area contributed by atoms with Crippen LogP contribution in [0.2, 0.25) is 0 Å². The minimum Gasteiger partial charge on any atom is -0.496 e. The average molecular weight is 297 g/mol. The summed E-state index contributed by atoms with van der Waals surface area (Å²) in [6.45, 7) is 5.23. The van der Waals surface area contributed by atoms with E-state index in [4.69, 9.17) is 4.74 Å². The molecule has 2 aromatic rings. The van der Waals surface area contributed by atoms with Crippen molar-refractivity contribution in [2.75, 3.05) is 20.2 Å². The normalized spacial score (nSPS) is 19.1. The van der Waals surface area contributed by atoms with E-state index >= 15 is 0 Å². The molecule has 1 saturated heterocycles. The maximum Gasteiger partial charge on any atom is 0.123 e. The van der Waals surface area contributed by atoms with Gasteiger partial charge in [0.2, 0.25) is 0 Å². The van der Waals surface area contributed by atoms with Crippen molar-refractivity contribution in [3.05, 3.63) is 53.6 Å². The molecule has 1 atom stereocenters. The maximum atomic E-state index is 5.50. The number of piperidine rings is 1.